The zero-order chi connectivity index (χ0) is 22.1. The van der Waals surface area contributed by atoms with Crippen molar-refractivity contribution in [1.29, 1.82) is 0 Å². The Hall–Kier alpha value is -0.260. The van der Waals surface area contributed by atoms with Crippen molar-refractivity contribution in [2.75, 3.05) is 0 Å². The van der Waals surface area contributed by atoms with Crippen LogP contribution in [-0.2, 0) is 0 Å². The molecule has 0 aliphatic heterocycles. The van der Waals surface area contributed by atoms with E-state index in [1.54, 1.807) is 0 Å². The quantitative estimate of drug-likeness (QED) is 0.107. The first kappa shape index (κ1) is 29.7. The van der Waals surface area contributed by atoms with Gasteiger partial charge in [0.2, 0.25) is 0 Å². The minimum Gasteiger partial charge on any atom is -0.0885 e. The summed E-state index contributed by atoms with van der Waals surface area (Å²) in [7, 11) is 0. The van der Waals surface area contributed by atoms with Crippen LogP contribution in [0.3, 0.4) is 0 Å². The van der Waals surface area contributed by atoms with E-state index < -0.39 is 0 Å². The van der Waals surface area contributed by atoms with Gasteiger partial charge in [-0.1, -0.05) is 155 Å². The van der Waals surface area contributed by atoms with E-state index >= 15 is 0 Å². The van der Waals surface area contributed by atoms with Gasteiger partial charge in [0.25, 0.3) is 0 Å². The molecule has 0 heteroatoms. The predicted molar refractivity (Wildman–Crippen MR) is 140 cm³/mol. The van der Waals surface area contributed by atoms with Crippen LogP contribution in [0, 0.1) is 11.8 Å². The van der Waals surface area contributed by atoms with Gasteiger partial charge in [-0.3, -0.25) is 0 Å². The maximum atomic E-state index is 2.49. The van der Waals surface area contributed by atoms with Crippen molar-refractivity contribution in [3.05, 3.63) is 12.2 Å². The molecule has 0 radical (unpaired) electrons. The average molecular weight is 421 g/mol. The molecule has 0 nitrogen and oxygen atoms in total. The van der Waals surface area contributed by atoms with E-state index in [0.29, 0.717) is 0 Å². The van der Waals surface area contributed by atoms with Crippen molar-refractivity contribution in [2.24, 2.45) is 11.8 Å². The van der Waals surface area contributed by atoms with Crippen LogP contribution in [0.5, 0.6) is 0 Å². The maximum Gasteiger partial charge on any atom is -0.0351 e. The highest BCUT2D eigenvalue weighted by Gasteiger charge is 2.04. The molecular formula is C30H60. The molecule has 0 aliphatic rings. The molecule has 0 aromatic rings. The minimum atomic E-state index is 0.938. The SMILES string of the molecule is CCCCCC=CCCCCC(C)CCCCCC(C)CCCCCCCCCC. The summed E-state index contributed by atoms with van der Waals surface area (Å²) < 4.78 is 0. The number of unbranched alkanes of at least 4 members (excludes halogenated alkanes) is 14. The molecule has 0 saturated heterocycles. The van der Waals surface area contributed by atoms with E-state index in [0.717, 1.165) is 11.8 Å². The Kier molecular flexibility index (Phi) is 24.8. The molecule has 0 spiro atoms. The Morgan fingerprint density at radius 1 is 0.400 bits per heavy atom. The van der Waals surface area contributed by atoms with Crippen LogP contribution in [0.1, 0.15) is 169 Å². The molecule has 180 valence electrons. The fourth-order valence-corrected chi connectivity index (χ4v) is 4.58. The van der Waals surface area contributed by atoms with Crippen molar-refractivity contribution in [3.63, 3.8) is 0 Å². The van der Waals surface area contributed by atoms with Gasteiger partial charge in [-0.2, -0.15) is 0 Å². The molecule has 2 unspecified atom stereocenters. The van der Waals surface area contributed by atoms with E-state index in [1.165, 1.54) is 141 Å². The Bertz CT molecular complexity index is 329. The van der Waals surface area contributed by atoms with Crippen LogP contribution in [0.4, 0.5) is 0 Å². The van der Waals surface area contributed by atoms with E-state index in [1.807, 2.05) is 0 Å². The molecule has 0 fully saturated rings. The van der Waals surface area contributed by atoms with Crippen molar-refractivity contribution in [3.8, 4) is 0 Å². The molecular weight excluding hydrogens is 360 g/mol. The molecule has 0 N–H and O–H groups in total. The van der Waals surface area contributed by atoms with Gasteiger partial charge in [0.1, 0.15) is 0 Å². The first-order valence-electron chi connectivity index (χ1n) is 14.4. The summed E-state index contributed by atoms with van der Waals surface area (Å²) in [4.78, 5) is 0. The second-order valence-electron chi connectivity index (χ2n) is 10.4. The highest BCUT2D eigenvalue weighted by molar-refractivity contribution is 4.81. The zero-order valence-corrected chi connectivity index (χ0v) is 21.9. The van der Waals surface area contributed by atoms with Crippen LogP contribution < -0.4 is 0 Å². The Morgan fingerprint density at radius 2 is 0.700 bits per heavy atom. The summed E-state index contributed by atoms with van der Waals surface area (Å²) in [6, 6.07) is 0. The lowest BCUT2D eigenvalue weighted by atomic mass is 9.93. The highest BCUT2D eigenvalue weighted by atomic mass is 14.1. The first-order valence-corrected chi connectivity index (χ1v) is 14.4. The summed E-state index contributed by atoms with van der Waals surface area (Å²) in [6.45, 7) is 9.55. The van der Waals surface area contributed by atoms with Crippen LogP contribution in [-0.4, -0.2) is 0 Å². The van der Waals surface area contributed by atoms with Crippen molar-refractivity contribution < 1.29 is 0 Å². The lowest BCUT2D eigenvalue weighted by molar-refractivity contribution is 0.410. The minimum absolute atomic E-state index is 0.938. The van der Waals surface area contributed by atoms with Gasteiger partial charge in [0.15, 0.2) is 0 Å². The summed E-state index contributed by atoms with van der Waals surface area (Å²) in [5.74, 6) is 1.89. The molecule has 0 rings (SSSR count). The molecule has 0 aromatic carbocycles. The number of hydrogen-bond donors (Lipinski definition) is 0. The smallest absolute Gasteiger partial charge is 0.0351 e. The van der Waals surface area contributed by atoms with Gasteiger partial charge >= 0.3 is 0 Å². The van der Waals surface area contributed by atoms with Gasteiger partial charge in [0.05, 0.1) is 0 Å². The topological polar surface area (TPSA) is 0 Å². The molecule has 2 atom stereocenters. The number of rotatable bonds is 24. The molecule has 0 amide bonds. The zero-order valence-electron chi connectivity index (χ0n) is 21.9. The number of hydrogen-bond acceptors (Lipinski definition) is 0. The van der Waals surface area contributed by atoms with E-state index in [4.69, 9.17) is 0 Å². The third kappa shape index (κ3) is 24.0. The third-order valence-corrected chi connectivity index (χ3v) is 6.90. The van der Waals surface area contributed by atoms with Gasteiger partial charge < -0.3 is 0 Å². The highest BCUT2D eigenvalue weighted by Crippen LogP contribution is 2.21. The van der Waals surface area contributed by atoms with Gasteiger partial charge in [-0.15, -0.1) is 0 Å². The van der Waals surface area contributed by atoms with E-state index in [9.17, 15) is 0 Å². The average Bonchev–Trinajstić information content (AvgIpc) is 2.74. The van der Waals surface area contributed by atoms with E-state index in [-0.39, 0.29) is 0 Å². The van der Waals surface area contributed by atoms with Crippen LogP contribution in [0.25, 0.3) is 0 Å². The molecule has 0 heterocycles. The van der Waals surface area contributed by atoms with Crippen LogP contribution in [0.15, 0.2) is 12.2 Å². The summed E-state index contributed by atoms with van der Waals surface area (Å²) in [5, 5.41) is 0. The second-order valence-corrected chi connectivity index (χ2v) is 10.4. The Morgan fingerprint density at radius 3 is 1.17 bits per heavy atom. The van der Waals surface area contributed by atoms with Crippen molar-refractivity contribution in [2.45, 2.75) is 169 Å². The fourth-order valence-electron chi connectivity index (χ4n) is 4.58. The van der Waals surface area contributed by atoms with Crippen molar-refractivity contribution in [1.82, 2.24) is 0 Å². The predicted octanol–water partition coefficient (Wildman–Crippen LogP) is 11.4. The largest absolute Gasteiger partial charge is 0.0885 e. The molecule has 0 aromatic heterocycles. The lowest BCUT2D eigenvalue weighted by Crippen LogP contribution is -1.97. The first-order chi connectivity index (χ1) is 14.7. The van der Waals surface area contributed by atoms with Gasteiger partial charge in [-0.05, 0) is 37.5 Å². The van der Waals surface area contributed by atoms with Crippen LogP contribution >= 0.6 is 0 Å². The normalized spacial score (nSPS) is 13.9. The second kappa shape index (κ2) is 25.0. The number of allylic oxidation sites excluding steroid dienone is 2. The summed E-state index contributed by atoms with van der Waals surface area (Å²) in [5.41, 5.74) is 0. The molecule has 30 heavy (non-hydrogen) atoms. The lowest BCUT2D eigenvalue weighted by Gasteiger charge is -2.13. The maximum absolute atomic E-state index is 2.49. The summed E-state index contributed by atoms with van der Waals surface area (Å²) >= 11 is 0. The van der Waals surface area contributed by atoms with E-state index in [2.05, 4.69) is 39.8 Å². The summed E-state index contributed by atoms with van der Waals surface area (Å²) in [6.07, 6.45) is 36.2. The Balaban J connectivity index is 3.32. The Labute approximate surface area is 193 Å². The monoisotopic (exact) mass is 420 g/mol. The van der Waals surface area contributed by atoms with Crippen LogP contribution in [0.2, 0.25) is 0 Å². The molecule has 0 bridgehead atoms. The fraction of sp³-hybridized carbons (Fsp3) is 0.933. The molecule has 0 saturated carbocycles. The third-order valence-electron chi connectivity index (χ3n) is 6.90. The molecule has 0 aliphatic carbocycles. The van der Waals surface area contributed by atoms with Crippen molar-refractivity contribution >= 4 is 0 Å². The van der Waals surface area contributed by atoms with Gasteiger partial charge in [-0.25, -0.2) is 0 Å². The standard InChI is InChI=1S/C30H60/c1-5-7-9-11-13-15-17-19-22-26-30(4)28-24-20-23-27-29(3)25-21-18-16-14-12-10-8-6-2/h13,15,29-30H,5-12,14,16-28H2,1-4H3. The van der Waals surface area contributed by atoms with Gasteiger partial charge in [0, 0.05) is 0 Å².